The number of amides is 1. The molecule has 0 radical (unpaired) electrons. The highest BCUT2D eigenvalue weighted by Crippen LogP contribution is 2.23. The molecule has 1 amide bonds. The summed E-state index contributed by atoms with van der Waals surface area (Å²) in [5, 5.41) is 54.6. The van der Waals surface area contributed by atoms with E-state index in [4.69, 9.17) is 9.47 Å². The van der Waals surface area contributed by atoms with Crippen LogP contribution in [-0.2, 0) is 14.3 Å². The minimum absolute atomic E-state index is 0.191. The number of hydrogen-bond donors (Lipinski definition) is 6. The zero-order chi connectivity index (χ0) is 55.8. The molecule has 1 aliphatic rings. The van der Waals surface area contributed by atoms with Crippen molar-refractivity contribution in [2.75, 3.05) is 13.2 Å². The van der Waals surface area contributed by atoms with Crippen molar-refractivity contribution in [2.45, 2.75) is 352 Å². The summed E-state index contributed by atoms with van der Waals surface area (Å²) < 4.78 is 11.3. The number of nitrogens with one attached hydrogen (secondary N) is 1. The van der Waals surface area contributed by atoms with Crippen LogP contribution in [0.3, 0.4) is 0 Å². The molecule has 0 bridgehead atoms. The maximum Gasteiger partial charge on any atom is 0.220 e. The minimum Gasteiger partial charge on any atom is -0.394 e. The first-order valence-corrected chi connectivity index (χ1v) is 33.0. The predicted molar refractivity (Wildman–Crippen MR) is 327 cm³/mol. The molecule has 0 spiro atoms. The normalized spacial score (nSPS) is 19.1. The second-order valence-corrected chi connectivity index (χ2v) is 22.9. The number of hydrogen-bond acceptors (Lipinski definition) is 8. The largest absolute Gasteiger partial charge is 0.394 e. The SMILES string of the molecule is CCCCCCC/C=C\C/C=C\CCCCCCCCCCCCCC(=O)NC(COC1OC(CO)C(O)C(O)C1O)C(O)/C=C/CC/C=C/CC/C=C/CCCCCCCCCCCCCCCCCCCCCCC. The van der Waals surface area contributed by atoms with Gasteiger partial charge in [-0.05, 0) is 77.0 Å². The van der Waals surface area contributed by atoms with Gasteiger partial charge < -0.3 is 40.3 Å². The second kappa shape index (κ2) is 57.1. The van der Waals surface area contributed by atoms with Crippen LogP contribution in [0.5, 0.6) is 0 Å². The maximum atomic E-state index is 13.1. The summed E-state index contributed by atoms with van der Waals surface area (Å²) in [6, 6.07) is -0.833. The highest BCUT2D eigenvalue weighted by molar-refractivity contribution is 5.76. The van der Waals surface area contributed by atoms with Gasteiger partial charge in [0.15, 0.2) is 6.29 Å². The van der Waals surface area contributed by atoms with Gasteiger partial charge in [-0.2, -0.15) is 0 Å². The average Bonchev–Trinajstić information content (AvgIpc) is 3.43. The van der Waals surface area contributed by atoms with Crippen molar-refractivity contribution in [1.29, 1.82) is 0 Å². The third-order valence-electron chi connectivity index (χ3n) is 15.5. The van der Waals surface area contributed by atoms with Crippen molar-refractivity contribution in [2.24, 2.45) is 0 Å². The number of ether oxygens (including phenoxy) is 2. The maximum absolute atomic E-state index is 13.1. The van der Waals surface area contributed by atoms with Gasteiger partial charge in [0.1, 0.15) is 24.4 Å². The van der Waals surface area contributed by atoms with Crippen molar-refractivity contribution in [3.8, 4) is 0 Å². The van der Waals surface area contributed by atoms with Crippen LogP contribution in [0.15, 0.2) is 60.8 Å². The zero-order valence-corrected chi connectivity index (χ0v) is 50.2. The lowest BCUT2D eigenvalue weighted by Gasteiger charge is -2.40. The van der Waals surface area contributed by atoms with E-state index < -0.39 is 49.5 Å². The molecule has 7 atom stereocenters. The van der Waals surface area contributed by atoms with E-state index in [0.717, 1.165) is 51.4 Å². The van der Waals surface area contributed by atoms with Crippen molar-refractivity contribution >= 4 is 5.91 Å². The van der Waals surface area contributed by atoms with E-state index in [1.807, 2.05) is 6.08 Å². The Hall–Kier alpha value is -2.11. The first-order chi connectivity index (χ1) is 37.8. The van der Waals surface area contributed by atoms with Gasteiger partial charge in [0.05, 0.1) is 25.4 Å². The smallest absolute Gasteiger partial charge is 0.220 e. The predicted octanol–water partition coefficient (Wildman–Crippen LogP) is 17.4. The van der Waals surface area contributed by atoms with Crippen LogP contribution in [0, 0.1) is 0 Å². The van der Waals surface area contributed by atoms with Crippen LogP contribution in [0.2, 0.25) is 0 Å². The number of unbranched alkanes of at least 4 members (excludes halogenated alkanes) is 39. The molecule has 0 aromatic rings. The number of aliphatic hydroxyl groups is 5. The fourth-order valence-corrected chi connectivity index (χ4v) is 10.3. The van der Waals surface area contributed by atoms with Gasteiger partial charge in [-0.15, -0.1) is 0 Å². The average molecular weight is 1080 g/mol. The molecule has 1 fully saturated rings. The molecule has 1 saturated heterocycles. The summed E-state index contributed by atoms with van der Waals surface area (Å²) in [7, 11) is 0. The third kappa shape index (κ3) is 46.2. The lowest BCUT2D eigenvalue weighted by molar-refractivity contribution is -0.302. The molecule has 1 heterocycles. The topological polar surface area (TPSA) is 149 Å². The highest BCUT2D eigenvalue weighted by Gasteiger charge is 2.44. The molecule has 7 unspecified atom stereocenters. The summed E-state index contributed by atoms with van der Waals surface area (Å²) in [6.07, 6.45) is 71.7. The Morgan fingerprint density at radius 1 is 0.442 bits per heavy atom. The molecule has 9 heteroatoms. The van der Waals surface area contributed by atoms with E-state index in [-0.39, 0.29) is 12.5 Å². The Labute approximate surface area is 475 Å². The van der Waals surface area contributed by atoms with Gasteiger partial charge in [-0.3, -0.25) is 4.79 Å². The Balaban J connectivity index is 2.20. The first kappa shape index (κ1) is 72.9. The van der Waals surface area contributed by atoms with Gasteiger partial charge in [0, 0.05) is 6.42 Å². The fourth-order valence-electron chi connectivity index (χ4n) is 10.3. The molecule has 0 saturated carbocycles. The second-order valence-electron chi connectivity index (χ2n) is 22.9. The summed E-state index contributed by atoms with van der Waals surface area (Å²) in [4.78, 5) is 13.1. The van der Waals surface area contributed by atoms with E-state index >= 15 is 0 Å². The van der Waals surface area contributed by atoms with E-state index in [1.54, 1.807) is 6.08 Å². The van der Waals surface area contributed by atoms with Crippen LogP contribution in [0.25, 0.3) is 0 Å². The lowest BCUT2D eigenvalue weighted by atomic mass is 9.99. The van der Waals surface area contributed by atoms with Crippen molar-refractivity contribution < 1.29 is 39.8 Å². The quantitative estimate of drug-likeness (QED) is 0.0261. The molecule has 0 aliphatic carbocycles. The standard InChI is InChI=1S/C68H125NO8/c1-3-5-7-9-11-13-15-17-19-21-23-25-27-28-29-30-31-32-33-34-36-37-39-41-43-45-47-49-51-53-55-57-62(71)61(60-76-68-67(75)66(74)65(73)63(59-70)77-68)69-64(72)58-56-54-52-50-48-46-44-42-40-38-35-26-24-22-20-18-16-14-12-10-8-6-4-2/h16,18,22,24,39,41,47,49,55,57,61-63,65-68,70-71,73-75H,3-15,17,19-21,23,25-38,40,42-46,48,50-54,56,58-60H2,1-2H3,(H,69,72)/b18-16-,24-22-,41-39+,49-47+,57-55+. The number of carbonyl (C=O) groups is 1. The summed E-state index contributed by atoms with van der Waals surface area (Å²) in [6.45, 7) is 3.78. The first-order valence-electron chi connectivity index (χ1n) is 33.0. The van der Waals surface area contributed by atoms with Crippen LogP contribution in [0.4, 0.5) is 0 Å². The van der Waals surface area contributed by atoms with E-state index in [1.165, 1.54) is 238 Å². The van der Waals surface area contributed by atoms with Gasteiger partial charge in [-0.1, -0.05) is 286 Å². The molecule has 450 valence electrons. The number of allylic oxidation sites excluding steroid dienone is 9. The monoisotopic (exact) mass is 1080 g/mol. The Bertz CT molecular complexity index is 1400. The van der Waals surface area contributed by atoms with Gasteiger partial charge in [0.25, 0.3) is 0 Å². The zero-order valence-electron chi connectivity index (χ0n) is 50.2. The number of rotatable bonds is 57. The van der Waals surface area contributed by atoms with E-state index in [0.29, 0.717) is 6.42 Å². The van der Waals surface area contributed by atoms with E-state index in [9.17, 15) is 30.3 Å². The van der Waals surface area contributed by atoms with Gasteiger partial charge in [0.2, 0.25) is 5.91 Å². The molecule has 77 heavy (non-hydrogen) atoms. The third-order valence-corrected chi connectivity index (χ3v) is 15.5. The Morgan fingerprint density at radius 3 is 1.17 bits per heavy atom. The lowest BCUT2D eigenvalue weighted by Crippen LogP contribution is -2.60. The van der Waals surface area contributed by atoms with Crippen LogP contribution in [-0.4, -0.2) is 87.5 Å². The van der Waals surface area contributed by atoms with Crippen molar-refractivity contribution in [3.05, 3.63) is 60.8 Å². The van der Waals surface area contributed by atoms with Gasteiger partial charge >= 0.3 is 0 Å². The Morgan fingerprint density at radius 2 is 0.779 bits per heavy atom. The Kier molecular flexibility index (Phi) is 54.1. The van der Waals surface area contributed by atoms with Crippen LogP contribution >= 0.6 is 0 Å². The number of carbonyl (C=O) groups excluding carboxylic acids is 1. The molecule has 9 nitrogen and oxygen atoms in total. The van der Waals surface area contributed by atoms with Crippen molar-refractivity contribution in [1.82, 2.24) is 5.32 Å². The van der Waals surface area contributed by atoms with Crippen molar-refractivity contribution in [3.63, 3.8) is 0 Å². The molecule has 0 aromatic carbocycles. The van der Waals surface area contributed by atoms with Crippen LogP contribution < -0.4 is 5.32 Å². The fraction of sp³-hybridized carbons (Fsp3) is 0.838. The molecular weight excluding hydrogens is 959 g/mol. The molecule has 6 N–H and O–H groups in total. The minimum atomic E-state index is -1.58. The summed E-state index contributed by atoms with van der Waals surface area (Å²) >= 11 is 0. The summed E-state index contributed by atoms with van der Waals surface area (Å²) in [5.74, 6) is -0.191. The summed E-state index contributed by atoms with van der Waals surface area (Å²) in [5.41, 5.74) is 0. The molecular formula is C68H125NO8. The molecule has 1 aliphatic heterocycles. The van der Waals surface area contributed by atoms with Gasteiger partial charge in [-0.25, -0.2) is 0 Å². The number of aliphatic hydroxyl groups excluding tert-OH is 5. The highest BCUT2D eigenvalue weighted by atomic mass is 16.7. The van der Waals surface area contributed by atoms with Crippen LogP contribution in [0.1, 0.15) is 309 Å². The van der Waals surface area contributed by atoms with E-state index in [2.05, 4.69) is 67.8 Å². The molecule has 0 aromatic heterocycles. The molecule has 1 rings (SSSR count).